The fraction of sp³-hybridized carbons (Fsp3) is 0.667. The largest absolute Gasteiger partial charge is 0.294 e. The third-order valence-corrected chi connectivity index (χ3v) is 2.67. The smallest absolute Gasteiger partial charge is 0.161 e. The Morgan fingerprint density at radius 1 is 1.30 bits per heavy atom. The molecule has 0 unspecified atom stereocenters. The number of carbonyl (C=O) groups excluding carboxylic acids is 1. The zero-order chi connectivity index (χ0) is 7.03. The predicted octanol–water partition coefficient (Wildman–Crippen LogP) is 2.08. The average Bonchev–Trinajstić information content (AvgIpc) is 2.69. The summed E-state index contributed by atoms with van der Waals surface area (Å²) in [5.74, 6) is 0.394. The zero-order valence-corrected chi connectivity index (χ0v) is 6.10. The summed E-state index contributed by atoms with van der Waals surface area (Å²) in [5.41, 5.74) is 0.146. The lowest BCUT2D eigenvalue weighted by Crippen LogP contribution is -2.10. The summed E-state index contributed by atoms with van der Waals surface area (Å²) in [6, 6.07) is 0. The van der Waals surface area contributed by atoms with Crippen molar-refractivity contribution in [3.05, 3.63) is 12.2 Å². The molecule has 0 heterocycles. The number of hydrogen-bond donors (Lipinski definition) is 0. The molecule has 0 N–H and O–H groups in total. The van der Waals surface area contributed by atoms with Crippen LogP contribution >= 0.6 is 0 Å². The molecule has 54 valence electrons. The molecule has 0 bridgehead atoms. The van der Waals surface area contributed by atoms with Gasteiger partial charge >= 0.3 is 0 Å². The van der Waals surface area contributed by atoms with Crippen molar-refractivity contribution in [1.29, 1.82) is 0 Å². The van der Waals surface area contributed by atoms with Gasteiger partial charge in [0, 0.05) is 5.41 Å². The fourth-order valence-electron chi connectivity index (χ4n) is 1.70. The molecular formula is C9H12O. The van der Waals surface area contributed by atoms with Crippen molar-refractivity contribution >= 4 is 5.78 Å². The van der Waals surface area contributed by atoms with E-state index in [9.17, 15) is 4.79 Å². The van der Waals surface area contributed by atoms with E-state index in [4.69, 9.17) is 0 Å². The molecule has 0 aromatic carbocycles. The summed E-state index contributed by atoms with van der Waals surface area (Å²) in [6.07, 6.45) is 9.57. The van der Waals surface area contributed by atoms with Gasteiger partial charge in [0.1, 0.15) is 0 Å². The van der Waals surface area contributed by atoms with Crippen LogP contribution in [0.4, 0.5) is 0 Å². The third kappa shape index (κ3) is 0.808. The van der Waals surface area contributed by atoms with Crippen LogP contribution in [0.25, 0.3) is 0 Å². The Balaban J connectivity index is 2.19. The molecule has 0 aliphatic heterocycles. The van der Waals surface area contributed by atoms with Crippen molar-refractivity contribution < 1.29 is 4.79 Å². The molecule has 1 saturated carbocycles. The second kappa shape index (κ2) is 1.94. The van der Waals surface area contributed by atoms with E-state index in [0.29, 0.717) is 5.78 Å². The van der Waals surface area contributed by atoms with Gasteiger partial charge < -0.3 is 0 Å². The van der Waals surface area contributed by atoms with Crippen LogP contribution in [-0.4, -0.2) is 5.78 Å². The summed E-state index contributed by atoms with van der Waals surface area (Å²) in [5, 5.41) is 0. The Morgan fingerprint density at radius 2 is 2.10 bits per heavy atom. The lowest BCUT2D eigenvalue weighted by atomic mass is 9.97. The van der Waals surface area contributed by atoms with Crippen LogP contribution in [0.2, 0.25) is 0 Å². The molecule has 0 atom stereocenters. The van der Waals surface area contributed by atoms with Gasteiger partial charge in [-0.2, -0.15) is 0 Å². The number of ketones is 1. The Labute approximate surface area is 61.1 Å². The zero-order valence-electron chi connectivity index (χ0n) is 6.10. The van der Waals surface area contributed by atoms with Crippen LogP contribution < -0.4 is 0 Å². The molecule has 2 rings (SSSR count). The number of rotatable bonds is 0. The summed E-state index contributed by atoms with van der Waals surface area (Å²) in [6.45, 7) is 0. The van der Waals surface area contributed by atoms with Crippen molar-refractivity contribution in [2.24, 2.45) is 5.41 Å². The molecule has 1 fully saturated rings. The molecule has 10 heavy (non-hydrogen) atoms. The molecule has 1 heteroatoms. The highest BCUT2D eigenvalue weighted by molar-refractivity contribution is 5.97. The van der Waals surface area contributed by atoms with Gasteiger partial charge in [-0.25, -0.2) is 0 Å². The first-order valence-corrected chi connectivity index (χ1v) is 4.05. The Bertz CT molecular complexity index is 187. The molecule has 0 saturated heterocycles. The minimum absolute atomic E-state index is 0.146. The van der Waals surface area contributed by atoms with E-state index >= 15 is 0 Å². The second-order valence-corrected chi connectivity index (χ2v) is 3.44. The van der Waals surface area contributed by atoms with Gasteiger partial charge in [0.2, 0.25) is 0 Å². The highest BCUT2D eigenvalue weighted by Crippen LogP contribution is 2.51. The van der Waals surface area contributed by atoms with Crippen LogP contribution in [0.3, 0.4) is 0 Å². The van der Waals surface area contributed by atoms with Gasteiger partial charge in [-0.15, -0.1) is 0 Å². The maximum Gasteiger partial charge on any atom is 0.161 e. The van der Waals surface area contributed by atoms with Crippen LogP contribution in [0.1, 0.15) is 32.1 Å². The van der Waals surface area contributed by atoms with E-state index in [1.54, 1.807) is 6.08 Å². The average molecular weight is 136 g/mol. The third-order valence-electron chi connectivity index (χ3n) is 2.67. The molecule has 0 aromatic heterocycles. The highest BCUT2D eigenvalue weighted by atomic mass is 16.1. The molecule has 1 spiro atoms. The normalized spacial score (nSPS) is 28.6. The molecule has 1 nitrogen and oxygen atoms in total. The van der Waals surface area contributed by atoms with E-state index in [-0.39, 0.29) is 5.41 Å². The van der Waals surface area contributed by atoms with Gasteiger partial charge in [-0.1, -0.05) is 6.08 Å². The SMILES string of the molecule is O=C1C=CCCCC12CC2. The van der Waals surface area contributed by atoms with Crippen LogP contribution in [0.5, 0.6) is 0 Å². The molecule has 0 amide bonds. The van der Waals surface area contributed by atoms with Crippen LogP contribution in [0, 0.1) is 5.41 Å². The van der Waals surface area contributed by atoms with E-state index < -0.39 is 0 Å². The van der Waals surface area contributed by atoms with Crippen molar-refractivity contribution in [2.75, 3.05) is 0 Å². The highest BCUT2D eigenvalue weighted by Gasteiger charge is 2.47. The van der Waals surface area contributed by atoms with Crippen molar-refractivity contribution in [1.82, 2.24) is 0 Å². The van der Waals surface area contributed by atoms with Gasteiger partial charge in [0.15, 0.2) is 5.78 Å². The molecule has 2 aliphatic rings. The summed E-state index contributed by atoms with van der Waals surface area (Å²) in [4.78, 5) is 11.3. The van der Waals surface area contributed by atoms with E-state index in [2.05, 4.69) is 0 Å². The van der Waals surface area contributed by atoms with Crippen LogP contribution in [-0.2, 0) is 4.79 Å². The molecule has 0 aromatic rings. The Morgan fingerprint density at radius 3 is 2.80 bits per heavy atom. The summed E-state index contributed by atoms with van der Waals surface area (Å²) in [7, 11) is 0. The minimum Gasteiger partial charge on any atom is -0.294 e. The minimum atomic E-state index is 0.146. The van der Waals surface area contributed by atoms with Gasteiger partial charge in [0.05, 0.1) is 0 Å². The predicted molar refractivity (Wildman–Crippen MR) is 39.7 cm³/mol. The van der Waals surface area contributed by atoms with E-state index in [1.165, 1.54) is 6.42 Å². The maximum atomic E-state index is 11.3. The quantitative estimate of drug-likeness (QED) is 0.498. The summed E-state index contributed by atoms with van der Waals surface area (Å²) < 4.78 is 0. The number of carbonyl (C=O) groups is 1. The Hall–Kier alpha value is -0.590. The monoisotopic (exact) mass is 136 g/mol. The number of allylic oxidation sites excluding steroid dienone is 2. The number of hydrogen-bond acceptors (Lipinski definition) is 1. The van der Waals surface area contributed by atoms with E-state index in [0.717, 1.165) is 25.7 Å². The second-order valence-electron chi connectivity index (χ2n) is 3.44. The lowest BCUT2D eigenvalue weighted by molar-refractivity contribution is -0.119. The standard InChI is InChI=1S/C9H12O/c10-8-4-2-1-3-5-9(8)6-7-9/h2,4H,1,3,5-7H2. The van der Waals surface area contributed by atoms with Gasteiger partial charge in [-0.3, -0.25) is 4.79 Å². The van der Waals surface area contributed by atoms with Crippen molar-refractivity contribution in [3.8, 4) is 0 Å². The van der Waals surface area contributed by atoms with Crippen molar-refractivity contribution in [3.63, 3.8) is 0 Å². The first-order valence-electron chi connectivity index (χ1n) is 4.05. The molecule has 0 radical (unpaired) electrons. The van der Waals surface area contributed by atoms with Crippen molar-refractivity contribution in [2.45, 2.75) is 32.1 Å². The molecule has 2 aliphatic carbocycles. The topological polar surface area (TPSA) is 17.1 Å². The Kier molecular flexibility index (Phi) is 1.19. The first kappa shape index (κ1) is 6.14. The fourth-order valence-corrected chi connectivity index (χ4v) is 1.70. The first-order chi connectivity index (χ1) is 4.83. The van der Waals surface area contributed by atoms with E-state index in [1.807, 2.05) is 6.08 Å². The van der Waals surface area contributed by atoms with Gasteiger partial charge in [-0.05, 0) is 38.2 Å². The summed E-state index contributed by atoms with van der Waals surface area (Å²) >= 11 is 0. The van der Waals surface area contributed by atoms with Gasteiger partial charge in [0.25, 0.3) is 0 Å². The maximum absolute atomic E-state index is 11.3. The van der Waals surface area contributed by atoms with Crippen LogP contribution in [0.15, 0.2) is 12.2 Å². The lowest BCUT2D eigenvalue weighted by Gasteiger charge is -2.06. The molecular weight excluding hydrogens is 124 g/mol.